The van der Waals surface area contributed by atoms with Crippen molar-refractivity contribution in [3.8, 4) is 0 Å². The molecule has 0 bridgehead atoms. The summed E-state index contributed by atoms with van der Waals surface area (Å²) in [6.45, 7) is 4.50. The van der Waals surface area contributed by atoms with Gasteiger partial charge in [-0.15, -0.1) is 0 Å². The van der Waals surface area contributed by atoms with E-state index in [1.54, 1.807) is 34.4 Å². The first-order valence-corrected chi connectivity index (χ1v) is 6.69. The molecule has 0 fully saturated rings. The third-order valence-electron chi connectivity index (χ3n) is 3.00. The van der Waals surface area contributed by atoms with Crippen LogP contribution in [0.5, 0.6) is 0 Å². The Balaban J connectivity index is 2.31. The molecule has 0 aliphatic carbocycles. The summed E-state index contributed by atoms with van der Waals surface area (Å²) in [6.07, 6.45) is 1.71. The Labute approximate surface area is 118 Å². The van der Waals surface area contributed by atoms with Gasteiger partial charge in [-0.3, -0.25) is 9.36 Å². The molecule has 0 N–H and O–H groups in total. The van der Waals surface area contributed by atoms with Crippen LogP contribution in [0.15, 0.2) is 38.5 Å². The van der Waals surface area contributed by atoms with E-state index in [1.807, 2.05) is 6.92 Å². The highest BCUT2D eigenvalue weighted by Gasteiger charge is 2.09. The Bertz CT molecular complexity index is 719. The lowest BCUT2D eigenvalue weighted by Crippen LogP contribution is -2.30. The van der Waals surface area contributed by atoms with Crippen molar-refractivity contribution in [2.24, 2.45) is 0 Å². The van der Waals surface area contributed by atoms with Crippen molar-refractivity contribution in [2.45, 2.75) is 26.9 Å². The minimum absolute atomic E-state index is 0.0765. The predicted molar refractivity (Wildman–Crippen MR) is 76.4 cm³/mol. The Morgan fingerprint density at radius 1 is 1.21 bits per heavy atom. The number of aromatic nitrogens is 3. The first kappa shape index (κ1) is 13.7. The van der Waals surface area contributed by atoms with Gasteiger partial charge in [0.2, 0.25) is 0 Å². The molecule has 0 saturated carbocycles. The number of rotatable bonds is 3. The maximum atomic E-state index is 11.9. The molecule has 0 atom stereocenters. The van der Waals surface area contributed by atoms with E-state index in [9.17, 15) is 9.59 Å². The number of aryl methyl sites for hydroxylation is 2. The Morgan fingerprint density at radius 2 is 1.95 bits per heavy atom. The van der Waals surface area contributed by atoms with Crippen LogP contribution in [-0.4, -0.2) is 14.1 Å². The molecule has 0 saturated heterocycles. The van der Waals surface area contributed by atoms with E-state index in [2.05, 4.69) is 20.9 Å². The van der Waals surface area contributed by atoms with Crippen LogP contribution in [0.1, 0.15) is 11.4 Å². The highest BCUT2D eigenvalue weighted by molar-refractivity contribution is 9.10. The molecule has 6 heteroatoms. The molecule has 2 aromatic heterocycles. The van der Waals surface area contributed by atoms with Crippen LogP contribution < -0.4 is 11.2 Å². The summed E-state index contributed by atoms with van der Waals surface area (Å²) < 4.78 is 3.96. The highest BCUT2D eigenvalue weighted by Crippen LogP contribution is 2.16. The highest BCUT2D eigenvalue weighted by atomic mass is 79.9. The minimum Gasteiger partial charge on any atom is -0.314 e. The third kappa shape index (κ3) is 2.84. The van der Waals surface area contributed by atoms with Crippen LogP contribution in [0, 0.1) is 13.8 Å². The van der Waals surface area contributed by atoms with Crippen molar-refractivity contribution in [2.75, 3.05) is 0 Å². The molecule has 0 spiro atoms. The van der Waals surface area contributed by atoms with E-state index in [1.165, 1.54) is 6.07 Å². The quantitative estimate of drug-likeness (QED) is 0.859. The van der Waals surface area contributed by atoms with E-state index in [-0.39, 0.29) is 11.2 Å². The number of pyridine rings is 1. The van der Waals surface area contributed by atoms with Crippen molar-refractivity contribution < 1.29 is 0 Å². The smallest absolute Gasteiger partial charge is 0.314 e. The lowest BCUT2D eigenvalue weighted by Gasteiger charge is -2.12. The molecule has 0 aromatic carbocycles. The molecule has 0 unspecified atom stereocenters. The van der Waals surface area contributed by atoms with Gasteiger partial charge in [0.15, 0.2) is 0 Å². The van der Waals surface area contributed by atoms with E-state index in [4.69, 9.17) is 0 Å². The number of hydrogen-bond acceptors (Lipinski definition) is 3. The second-order valence-corrected chi connectivity index (χ2v) is 5.06. The normalized spacial score (nSPS) is 10.7. The fourth-order valence-electron chi connectivity index (χ4n) is 1.89. The number of hydrogen-bond donors (Lipinski definition) is 0. The first-order chi connectivity index (χ1) is 9.00. The molecular weight excluding hydrogens is 310 g/mol. The first-order valence-electron chi connectivity index (χ1n) is 5.89. The van der Waals surface area contributed by atoms with Crippen molar-refractivity contribution >= 4 is 15.9 Å². The van der Waals surface area contributed by atoms with E-state index >= 15 is 0 Å². The molecule has 0 radical (unpaired) electrons. The molecule has 2 heterocycles. The molecule has 2 rings (SSSR count). The van der Waals surface area contributed by atoms with Gasteiger partial charge in [0, 0.05) is 31.0 Å². The Morgan fingerprint density at radius 3 is 2.63 bits per heavy atom. The Hall–Kier alpha value is -1.69. The van der Waals surface area contributed by atoms with Gasteiger partial charge < -0.3 is 4.57 Å². The average molecular weight is 324 g/mol. The summed E-state index contributed by atoms with van der Waals surface area (Å²) in [6, 6.07) is 4.99. The molecule has 2 aromatic rings. The van der Waals surface area contributed by atoms with Gasteiger partial charge in [-0.1, -0.05) is 6.07 Å². The van der Waals surface area contributed by atoms with Gasteiger partial charge in [-0.2, -0.15) is 4.98 Å². The Kier molecular flexibility index (Phi) is 3.99. The van der Waals surface area contributed by atoms with Gasteiger partial charge in [0.25, 0.3) is 5.56 Å². The van der Waals surface area contributed by atoms with E-state index in [0.29, 0.717) is 18.8 Å². The zero-order valence-electron chi connectivity index (χ0n) is 10.8. The predicted octanol–water partition coefficient (Wildman–Crippen LogP) is 1.48. The maximum absolute atomic E-state index is 11.9. The molecular formula is C13H14BrN3O2. The SMILES string of the molecule is Cc1nc(=O)n(CCn2ccccc2=O)c(C)c1Br. The second-order valence-electron chi connectivity index (χ2n) is 4.26. The summed E-state index contributed by atoms with van der Waals surface area (Å²) in [5.74, 6) is 0. The summed E-state index contributed by atoms with van der Waals surface area (Å²) >= 11 is 3.41. The van der Waals surface area contributed by atoms with Gasteiger partial charge in [0.1, 0.15) is 0 Å². The summed E-state index contributed by atoms with van der Waals surface area (Å²) in [4.78, 5) is 27.4. The van der Waals surface area contributed by atoms with Crippen molar-refractivity contribution in [1.82, 2.24) is 14.1 Å². The van der Waals surface area contributed by atoms with Crippen LogP contribution in [-0.2, 0) is 13.1 Å². The number of nitrogens with zero attached hydrogens (tertiary/aromatic N) is 3. The van der Waals surface area contributed by atoms with E-state index in [0.717, 1.165) is 10.2 Å². The van der Waals surface area contributed by atoms with Crippen molar-refractivity contribution in [3.63, 3.8) is 0 Å². The molecule has 0 aliphatic heterocycles. The zero-order chi connectivity index (χ0) is 14.0. The third-order valence-corrected chi connectivity index (χ3v) is 4.15. The fourth-order valence-corrected chi connectivity index (χ4v) is 2.20. The molecule has 0 aliphatic rings. The zero-order valence-corrected chi connectivity index (χ0v) is 12.3. The van der Waals surface area contributed by atoms with Gasteiger partial charge >= 0.3 is 5.69 Å². The molecule has 5 nitrogen and oxygen atoms in total. The van der Waals surface area contributed by atoms with Crippen LogP contribution >= 0.6 is 15.9 Å². The van der Waals surface area contributed by atoms with Crippen LogP contribution in [0.3, 0.4) is 0 Å². The standard InChI is InChI=1S/C13H14BrN3O2/c1-9-12(14)10(2)17(13(19)15-9)8-7-16-6-4-3-5-11(16)18/h3-6H,7-8H2,1-2H3. The summed E-state index contributed by atoms with van der Waals surface area (Å²) in [5.41, 5.74) is 1.13. The minimum atomic E-state index is -0.290. The second kappa shape index (κ2) is 5.52. The molecule has 100 valence electrons. The lowest BCUT2D eigenvalue weighted by atomic mass is 10.3. The fraction of sp³-hybridized carbons (Fsp3) is 0.308. The summed E-state index contributed by atoms with van der Waals surface area (Å²) in [7, 11) is 0. The topological polar surface area (TPSA) is 56.9 Å². The van der Waals surface area contributed by atoms with Crippen LogP contribution in [0.4, 0.5) is 0 Å². The van der Waals surface area contributed by atoms with E-state index < -0.39 is 0 Å². The van der Waals surface area contributed by atoms with Crippen LogP contribution in [0.25, 0.3) is 0 Å². The number of halogens is 1. The van der Waals surface area contributed by atoms with Gasteiger partial charge in [0.05, 0.1) is 10.2 Å². The molecule has 19 heavy (non-hydrogen) atoms. The maximum Gasteiger partial charge on any atom is 0.348 e. The lowest BCUT2D eigenvalue weighted by molar-refractivity contribution is 0.531. The van der Waals surface area contributed by atoms with Crippen LogP contribution in [0.2, 0.25) is 0 Å². The summed E-state index contributed by atoms with van der Waals surface area (Å²) in [5, 5.41) is 0. The average Bonchev–Trinajstić information content (AvgIpc) is 2.38. The van der Waals surface area contributed by atoms with Gasteiger partial charge in [-0.25, -0.2) is 4.79 Å². The largest absolute Gasteiger partial charge is 0.348 e. The van der Waals surface area contributed by atoms with Gasteiger partial charge in [-0.05, 0) is 35.8 Å². The van der Waals surface area contributed by atoms with Crippen molar-refractivity contribution in [3.05, 3.63) is 61.1 Å². The molecule has 0 amide bonds. The van der Waals surface area contributed by atoms with Crippen molar-refractivity contribution in [1.29, 1.82) is 0 Å². The monoisotopic (exact) mass is 323 g/mol.